The predicted octanol–water partition coefficient (Wildman–Crippen LogP) is 6.18. The van der Waals surface area contributed by atoms with E-state index in [1.165, 1.54) is 38.5 Å². The van der Waals surface area contributed by atoms with Crippen molar-refractivity contribution in [3.05, 3.63) is 71.3 Å². The van der Waals surface area contributed by atoms with Gasteiger partial charge in [-0.05, 0) is 103 Å². The molecule has 0 atom stereocenters. The smallest absolute Gasteiger partial charge is 0.336 e. The van der Waals surface area contributed by atoms with Gasteiger partial charge in [0, 0.05) is 13.0 Å². The molecule has 0 amide bonds. The molecule has 4 bridgehead atoms. The van der Waals surface area contributed by atoms with Crippen molar-refractivity contribution in [1.29, 1.82) is 0 Å². The fourth-order valence-corrected chi connectivity index (χ4v) is 7.13. The van der Waals surface area contributed by atoms with E-state index in [-0.39, 0.29) is 6.61 Å². The van der Waals surface area contributed by atoms with E-state index in [4.69, 9.17) is 9.84 Å². The number of aliphatic hydroxyl groups is 1. The number of aliphatic hydroxyl groups excluding tert-OH is 1. The van der Waals surface area contributed by atoms with Crippen LogP contribution in [-0.4, -0.2) is 29.4 Å². The number of hydrogen-bond donors (Lipinski definition) is 2. The van der Waals surface area contributed by atoms with Gasteiger partial charge in [-0.15, -0.1) is 0 Å². The first-order valence-electron chi connectivity index (χ1n) is 12.4. The van der Waals surface area contributed by atoms with Crippen LogP contribution in [0.5, 0.6) is 5.75 Å². The first kappa shape index (κ1) is 22.2. The number of carboxylic acids is 1. The molecule has 174 valence electrons. The van der Waals surface area contributed by atoms with Crippen LogP contribution in [0, 0.1) is 23.2 Å². The molecule has 0 unspecified atom stereocenters. The Morgan fingerprint density at radius 1 is 0.939 bits per heavy atom. The van der Waals surface area contributed by atoms with E-state index in [1.54, 1.807) is 12.1 Å². The highest BCUT2D eigenvalue weighted by Gasteiger charge is 2.50. The monoisotopic (exact) mass is 446 g/mol. The van der Waals surface area contributed by atoms with Crippen molar-refractivity contribution in [2.24, 2.45) is 23.2 Å². The summed E-state index contributed by atoms with van der Waals surface area (Å²) in [6.45, 7) is 0.591. The Balaban J connectivity index is 1.47. The molecule has 6 rings (SSSR count). The molecule has 0 radical (unpaired) electrons. The second kappa shape index (κ2) is 9.34. The number of benzene rings is 2. The Labute approximate surface area is 196 Å². The number of carboxylic acid groups (broad SMARTS) is 1. The molecule has 2 N–H and O–H groups in total. The molecule has 4 heteroatoms. The molecule has 2 aromatic rings. The largest absolute Gasteiger partial charge is 0.494 e. The molecule has 33 heavy (non-hydrogen) atoms. The third-order valence-electron chi connectivity index (χ3n) is 8.09. The van der Waals surface area contributed by atoms with Gasteiger partial charge in [0.15, 0.2) is 0 Å². The SMILES string of the molecule is O=C(O)c1ccccc1C(=CCC12CC3CC(CC(C3)C1)C2)c1ccc(OCCCO)cc1. The zero-order valence-electron chi connectivity index (χ0n) is 19.2. The van der Waals surface area contributed by atoms with Crippen LogP contribution in [0.4, 0.5) is 0 Å². The van der Waals surface area contributed by atoms with Crippen molar-refractivity contribution in [2.45, 2.75) is 51.4 Å². The van der Waals surface area contributed by atoms with Crippen LogP contribution in [0.25, 0.3) is 5.57 Å². The molecule has 0 saturated heterocycles. The summed E-state index contributed by atoms with van der Waals surface area (Å²) in [6.07, 6.45) is 12.2. The molecule has 0 aliphatic heterocycles. The van der Waals surface area contributed by atoms with Gasteiger partial charge in [-0.25, -0.2) is 4.79 Å². The Kier molecular flexibility index (Phi) is 6.29. The van der Waals surface area contributed by atoms with Gasteiger partial charge in [0.1, 0.15) is 5.75 Å². The third-order valence-corrected chi connectivity index (χ3v) is 8.09. The second-order valence-corrected chi connectivity index (χ2v) is 10.5. The van der Waals surface area contributed by atoms with E-state index >= 15 is 0 Å². The van der Waals surface area contributed by atoms with Crippen molar-refractivity contribution in [2.75, 3.05) is 13.2 Å². The van der Waals surface area contributed by atoms with Crippen LogP contribution in [0.2, 0.25) is 0 Å². The molecular weight excluding hydrogens is 412 g/mol. The molecule has 2 aromatic carbocycles. The number of aromatic carboxylic acids is 1. The lowest BCUT2D eigenvalue weighted by Gasteiger charge is -2.57. The van der Waals surface area contributed by atoms with Gasteiger partial charge in [0.05, 0.1) is 12.2 Å². The average Bonchev–Trinajstić information content (AvgIpc) is 2.79. The Bertz CT molecular complexity index is 985. The van der Waals surface area contributed by atoms with E-state index in [2.05, 4.69) is 6.08 Å². The van der Waals surface area contributed by atoms with Crippen molar-refractivity contribution >= 4 is 11.5 Å². The Hall–Kier alpha value is -2.59. The van der Waals surface area contributed by atoms with Crippen LogP contribution in [-0.2, 0) is 0 Å². The fourth-order valence-electron chi connectivity index (χ4n) is 7.13. The van der Waals surface area contributed by atoms with Crippen LogP contribution < -0.4 is 4.74 Å². The Morgan fingerprint density at radius 3 is 2.12 bits per heavy atom. The first-order valence-corrected chi connectivity index (χ1v) is 12.4. The van der Waals surface area contributed by atoms with Crippen LogP contribution in [0.15, 0.2) is 54.6 Å². The summed E-state index contributed by atoms with van der Waals surface area (Å²) in [4.78, 5) is 12.0. The Morgan fingerprint density at radius 2 is 1.55 bits per heavy atom. The molecule has 4 saturated carbocycles. The second-order valence-electron chi connectivity index (χ2n) is 10.5. The van der Waals surface area contributed by atoms with Crippen LogP contribution >= 0.6 is 0 Å². The van der Waals surface area contributed by atoms with Gasteiger partial charge < -0.3 is 14.9 Å². The van der Waals surface area contributed by atoms with E-state index in [0.29, 0.717) is 24.0 Å². The van der Waals surface area contributed by atoms with Gasteiger partial charge in [0.2, 0.25) is 0 Å². The maximum atomic E-state index is 12.0. The molecule has 4 aliphatic rings. The number of rotatable bonds is 9. The van der Waals surface area contributed by atoms with Crippen molar-refractivity contribution in [3.8, 4) is 5.75 Å². The summed E-state index contributed by atoms with van der Waals surface area (Å²) in [5, 5.41) is 18.8. The van der Waals surface area contributed by atoms with Crippen molar-refractivity contribution < 1.29 is 19.7 Å². The maximum absolute atomic E-state index is 12.0. The molecule has 4 fully saturated rings. The average molecular weight is 447 g/mol. The molecular formula is C29H34O4. The highest BCUT2D eigenvalue weighted by molar-refractivity contribution is 5.97. The van der Waals surface area contributed by atoms with Crippen molar-refractivity contribution in [3.63, 3.8) is 0 Å². The topological polar surface area (TPSA) is 66.8 Å². The number of hydrogen-bond acceptors (Lipinski definition) is 3. The van der Waals surface area contributed by atoms with Gasteiger partial charge in [-0.3, -0.25) is 0 Å². The van der Waals surface area contributed by atoms with Gasteiger partial charge >= 0.3 is 5.97 Å². The lowest BCUT2D eigenvalue weighted by atomic mass is 9.49. The summed E-state index contributed by atoms with van der Waals surface area (Å²) < 4.78 is 5.70. The summed E-state index contributed by atoms with van der Waals surface area (Å²) in [6, 6.07) is 15.3. The maximum Gasteiger partial charge on any atom is 0.336 e. The highest BCUT2D eigenvalue weighted by atomic mass is 16.5. The van der Waals surface area contributed by atoms with E-state index in [0.717, 1.165) is 46.6 Å². The standard InChI is InChI=1S/C29H34O4/c30-12-3-13-33-24-8-6-23(7-9-24)25(26-4-1-2-5-27(26)28(31)32)10-11-29-17-20-14-21(18-29)16-22(15-20)19-29/h1-2,4-10,20-22,30H,3,11-19H2,(H,31,32). The molecule has 0 heterocycles. The summed E-state index contributed by atoms with van der Waals surface area (Å²) in [5.74, 6) is 2.56. The number of ether oxygens (including phenoxy) is 1. The van der Waals surface area contributed by atoms with Gasteiger partial charge in [-0.1, -0.05) is 36.4 Å². The van der Waals surface area contributed by atoms with E-state index < -0.39 is 5.97 Å². The van der Waals surface area contributed by atoms with Gasteiger partial charge in [-0.2, -0.15) is 0 Å². The molecule has 4 nitrogen and oxygen atoms in total. The summed E-state index contributed by atoms with van der Waals surface area (Å²) in [7, 11) is 0. The molecule has 0 aromatic heterocycles. The molecule has 0 spiro atoms. The van der Waals surface area contributed by atoms with Crippen molar-refractivity contribution in [1.82, 2.24) is 0 Å². The number of allylic oxidation sites excluding steroid dienone is 1. The minimum Gasteiger partial charge on any atom is -0.494 e. The van der Waals surface area contributed by atoms with E-state index in [1.807, 2.05) is 36.4 Å². The van der Waals surface area contributed by atoms with Gasteiger partial charge in [0.25, 0.3) is 0 Å². The zero-order valence-corrected chi connectivity index (χ0v) is 19.2. The first-order chi connectivity index (χ1) is 16.0. The van der Waals surface area contributed by atoms with Crippen LogP contribution in [0.3, 0.4) is 0 Å². The predicted molar refractivity (Wildman–Crippen MR) is 129 cm³/mol. The minimum atomic E-state index is -0.893. The highest BCUT2D eigenvalue weighted by Crippen LogP contribution is 2.61. The number of carbonyl (C=O) groups is 1. The van der Waals surface area contributed by atoms with Crippen LogP contribution in [0.1, 0.15) is 72.9 Å². The fraction of sp³-hybridized carbons (Fsp3) is 0.483. The third kappa shape index (κ3) is 4.72. The van der Waals surface area contributed by atoms with E-state index in [9.17, 15) is 9.90 Å². The zero-order chi connectivity index (χ0) is 22.8. The quantitative estimate of drug-likeness (QED) is 0.451. The lowest BCUT2D eigenvalue weighted by molar-refractivity contribution is -0.0506. The summed E-state index contributed by atoms with van der Waals surface area (Å²) in [5.41, 5.74) is 3.54. The normalized spacial score (nSPS) is 28.2. The molecule has 4 aliphatic carbocycles. The lowest BCUT2D eigenvalue weighted by Crippen LogP contribution is -2.45. The summed E-state index contributed by atoms with van der Waals surface area (Å²) >= 11 is 0. The minimum absolute atomic E-state index is 0.112.